The minimum atomic E-state index is 0.0598. The highest BCUT2D eigenvalue weighted by molar-refractivity contribution is 5.06. The van der Waals surface area contributed by atoms with Crippen LogP contribution in [0.25, 0.3) is 0 Å². The lowest BCUT2D eigenvalue weighted by atomic mass is 9.62. The van der Waals surface area contributed by atoms with E-state index in [4.69, 9.17) is 0 Å². The van der Waals surface area contributed by atoms with Crippen molar-refractivity contribution in [3.8, 4) is 0 Å². The van der Waals surface area contributed by atoms with Gasteiger partial charge in [0.15, 0.2) is 0 Å². The lowest BCUT2D eigenvalue weighted by molar-refractivity contribution is -0.252. The SMILES string of the molecule is CN1N(C)N(C)C(C)(C)C(C)(C)C(C)(C)N1C. The normalized spacial score (nSPS) is 31.4. The average molecular weight is 242 g/mol. The van der Waals surface area contributed by atoms with E-state index in [9.17, 15) is 0 Å². The molecule has 0 radical (unpaired) electrons. The summed E-state index contributed by atoms with van der Waals surface area (Å²) in [7, 11) is 8.53. The third kappa shape index (κ3) is 1.73. The number of hydrazine groups is 3. The van der Waals surface area contributed by atoms with Gasteiger partial charge in [-0.25, -0.2) is 10.0 Å². The first-order valence-corrected chi connectivity index (χ1v) is 6.34. The van der Waals surface area contributed by atoms with E-state index < -0.39 is 0 Å². The Balaban J connectivity index is 3.41. The molecule has 4 heteroatoms. The van der Waals surface area contributed by atoms with Gasteiger partial charge in [0.1, 0.15) is 0 Å². The average Bonchev–Trinajstić information content (AvgIpc) is 2.24. The highest BCUT2D eigenvalue weighted by Crippen LogP contribution is 2.48. The Morgan fingerprint density at radius 3 is 1.00 bits per heavy atom. The van der Waals surface area contributed by atoms with Gasteiger partial charge in [0.25, 0.3) is 0 Å². The molecular formula is C13H30N4. The Morgan fingerprint density at radius 1 is 0.529 bits per heavy atom. The Kier molecular flexibility index (Phi) is 3.43. The molecule has 4 nitrogen and oxygen atoms in total. The minimum absolute atomic E-state index is 0.0598. The van der Waals surface area contributed by atoms with Crippen LogP contribution < -0.4 is 0 Å². The fourth-order valence-electron chi connectivity index (χ4n) is 2.67. The van der Waals surface area contributed by atoms with Crippen LogP contribution in [0.1, 0.15) is 41.5 Å². The third-order valence-corrected chi connectivity index (χ3v) is 5.96. The van der Waals surface area contributed by atoms with Crippen LogP contribution in [0.15, 0.2) is 0 Å². The molecule has 0 aromatic heterocycles. The molecule has 0 saturated carbocycles. The summed E-state index contributed by atoms with van der Waals surface area (Å²) in [5.74, 6) is 0. The van der Waals surface area contributed by atoms with Gasteiger partial charge in [-0.15, -0.1) is 0 Å². The number of hydrogen-bond acceptors (Lipinski definition) is 4. The predicted octanol–water partition coefficient (Wildman–Crippen LogP) is 2.06. The van der Waals surface area contributed by atoms with Crippen LogP contribution in [0, 0.1) is 5.41 Å². The highest BCUT2D eigenvalue weighted by Gasteiger charge is 2.56. The Bertz CT molecular complexity index is 268. The molecule has 17 heavy (non-hydrogen) atoms. The van der Waals surface area contributed by atoms with Gasteiger partial charge in [0, 0.05) is 44.7 Å². The maximum absolute atomic E-state index is 2.35. The van der Waals surface area contributed by atoms with Crippen molar-refractivity contribution in [1.82, 2.24) is 20.3 Å². The van der Waals surface area contributed by atoms with E-state index in [0.29, 0.717) is 0 Å². The minimum Gasteiger partial charge on any atom is -0.224 e. The van der Waals surface area contributed by atoms with Gasteiger partial charge in [-0.2, -0.15) is 10.2 Å². The van der Waals surface area contributed by atoms with Crippen LogP contribution in [0.3, 0.4) is 0 Å². The first-order chi connectivity index (χ1) is 7.39. The second-order valence-corrected chi connectivity index (χ2v) is 6.77. The van der Waals surface area contributed by atoms with E-state index in [0.717, 1.165) is 0 Å². The van der Waals surface area contributed by atoms with Gasteiger partial charge in [-0.3, -0.25) is 0 Å². The van der Waals surface area contributed by atoms with Crippen LogP contribution in [-0.2, 0) is 0 Å². The summed E-state index contributed by atoms with van der Waals surface area (Å²) in [6.45, 7) is 14.0. The molecule has 1 fully saturated rings. The molecule has 0 bridgehead atoms. The van der Waals surface area contributed by atoms with E-state index in [1.165, 1.54) is 0 Å². The molecule has 0 aromatic carbocycles. The second kappa shape index (κ2) is 3.92. The fourth-order valence-corrected chi connectivity index (χ4v) is 2.67. The zero-order valence-corrected chi connectivity index (χ0v) is 13.3. The summed E-state index contributed by atoms with van der Waals surface area (Å²) in [4.78, 5) is 0. The van der Waals surface area contributed by atoms with E-state index in [-0.39, 0.29) is 16.5 Å². The second-order valence-electron chi connectivity index (χ2n) is 6.77. The smallest absolute Gasteiger partial charge is 0.0379 e. The molecule has 1 saturated heterocycles. The zero-order valence-electron chi connectivity index (χ0n) is 13.3. The number of rotatable bonds is 0. The maximum Gasteiger partial charge on any atom is 0.0379 e. The molecule has 0 aromatic rings. The number of nitrogens with zero attached hydrogens (tertiary/aromatic N) is 4. The van der Waals surface area contributed by atoms with Gasteiger partial charge in [0.2, 0.25) is 0 Å². The molecule has 0 unspecified atom stereocenters. The first-order valence-electron chi connectivity index (χ1n) is 6.34. The maximum atomic E-state index is 2.35. The highest BCUT2D eigenvalue weighted by atomic mass is 16.0. The molecule has 0 spiro atoms. The number of hydrogen-bond donors (Lipinski definition) is 0. The van der Waals surface area contributed by atoms with Gasteiger partial charge in [-0.05, 0) is 27.7 Å². The standard InChI is InChI=1S/C13H30N4/c1-11(2)12(3,4)14(7)16(9)17(10)15(8)13(11,5)6/h1-10H3. The molecule has 0 aliphatic carbocycles. The van der Waals surface area contributed by atoms with Crippen LogP contribution in [0.2, 0.25) is 0 Å². The van der Waals surface area contributed by atoms with Crippen molar-refractivity contribution >= 4 is 0 Å². The molecule has 1 rings (SSSR count). The van der Waals surface area contributed by atoms with Gasteiger partial charge in [-0.1, -0.05) is 13.8 Å². The summed E-state index contributed by atoms with van der Waals surface area (Å²) in [6.07, 6.45) is 0. The van der Waals surface area contributed by atoms with E-state index in [1.807, 2.05) is 0 Å². The summed E-state index contributed by atoms with van der Waals surface area (Å²) >= 11 is 0. The van der Waals surface area contributed by atoms with Gasteiger partial charge < -0.3 is 0 Å². The van der Waals surface area contributed by atoms with Crippen molar-refractivity contribution in [1.29, 1.82) is 0 Å². The Morgan fingerprint density at radius 2 is 0.765 bits per heavy atom. The van der Waals surface area contributed by atoms with Crippen molar-refractivity contribution in [2.75, 3.05) is 28.2 Å². The summed E-state index contributed by atoms with van der Waals surface area (Å²) in [5.41, 5.74) is 0.247. The van der Waals surface area contributed by atoms with Crippen molar-refractivity contribution in [3.05, 3.63) is 0 Å². The topological polar surface area (TPSA) is 13.0 Å². The molecular weight excluding hydrogens is 212 g/mol. The van der Waals surface area contributed by atoms with Crippen molar-refractivity contribution in [2.45, 2.75) is 52.6 Å². The fraction of sp³-hybridized carbons (Fsp3) is 1.00. The quantitative estimate of drug-likeness (QED) is 0.644. The first kappa shape index (κ1) is 14.9. The lowest BCUT2D eigenvalue weighted by Crippen LogP contribution is -2.62. The van der Waals surface area contributed by atoms with Crippen molar-refractivity contribution in [3.63, 3.8) is 0 Å². The van der Waals surface area contributed by atoms with E-state index >= 15 is 0 Å². The molecule has 0 atom stereocenters. The monoisotopic (exact) mass is 242 g/mol. The van der Waals surface area contributed by atoms with Crippen LogP contribution in [0.4, 0.5) is 0 Å². The van der Waals surface area contributed by atoms with Crippen molar-refractivity contribution in [2.24, 2.45) is 5.41 Å². The summed E-state index contributed by atoms with van der Waals surface area (Å²) in [5, 5.41) is 8.99. The Labute approximate surface area is 107 Å². The van der Waals surface area contributed by atoms with Gasteiger partial charge in [0.05, 0.1) is 0 Å². The van der Waals surface area contributed by atoms with E-state index in [2.05, 4.69) is 90.0 Å². The van der Waals surface area contributed by atoms with Crippen molar-refractivity contribution < 1.29 is 0 Å². The zero-order chi connectivity index (χ0) is 13.8. The molecule has 0 N–H and O–H groups in total. The molecule has 102 valence electrons. The third-order valence-electron chi connectivity index (χ3n) is 5.96. The predicted molar refractivity (Wildman–Crippen MR) is 73.0 cm³/mol. The van der Waals surface area contributed by atoms with Crippen LogP contribution >= 0.6 is 0 Å². The van der Waals surface area contributed by atoms with Crippen LogP contribution in [-0.4, -0.2) is 59.5 Å². The van der Waals surface area contributed by atoms with Gasteiger partial charge >= 0.3 is 0 Å². The molecule has 1 heterocycles. The molecule has 1 aliphatic rings. The lowest BCUT2D eigenvalue weighted by Gasteiger charge is -2.54. The largest absolute Gasteiger partial charge is 0.224 e. The van der Waals surface area contributed by atoms with E-state index in [1.54, 1.807) is 0 Å². The Hall–Kier alpha value is -0.160. The molecule has 0 amide bonds. The summed E-state index contributed by atoms with van der Waals surface area (Å²) < 4.78 is 0. The summed E-state index contributed by atoms with van der Waals surface area (Å²) in [6, 6.07) is 0. The molecule has 1 aliphatic heterocycles. The van der Waals surface area contributed by atoms with Crippen LogP contribution in [0.5, 0.6) is 0 Å².